The van der Waals surface area contributed by atoms with Crippen LogP contribution in [0.3, 0.4) is 0 Å². The molecule has 2 rings (SSSR count). The molecule has 0 aliphatic carbocycles. The lowest BCUT2D eigenvalue weighted by molar-refractivity contribution is -0.143. The number of aryl methyl sites for hydroxylation is 1. The summed E-state index contributed by atoms with van der Waals surface area (Å²) in [6, 6.07) is 4.65. The van der Waals surface area contributed by atoms with Crippen LogP contribution in [0.15, 0.2) is 18.2 Å². The average Bonchev–Trinajstić information content (AvgIpc) is 2.56. The molecule has 1 aromatic carbocycles. The van der Waals surface area contributed by atoms with Gasteiger partial charge in [-0.2, -0.15) is 0 Å². The van der Waals surface area contributed by atoms with Crippen LogP contribution in [-0.2, 0) is 9.53 Å². The van der Waals surface area contributed by atoms with Gasteiger partial charge in [-0.25, -0.2) is 9.59 Å². The zero-order valence-corrected chi connectivity index (χ0v) is 13.2. The Balaban J connectivity index is 2.03. The van der Waals surface area contributed by atoms with Crippen LogP contribution >= 0.6 is 0 Å². The fourth-order valence-corrected chi connectivity index (χ4v) is 2.53. The van der Waals surface area contributed by atoms with Crippen LogP contribution in [-0.4, -0.2) is 48.2 Å². The molecule has 7 nitrogen and oxygen atoms in total. The quantitative estimate of drug-likeness (QED) is 0.832. The van der Waals surface area contributed by atoms with Gasteiger partial charge < -0.3 is 20.1 Å². The first-order valence-electron chi connectivity index (χ1n) is 7.40. The van der Waals surface area contributed by atoms with Crippen LogP contribution in [0, 0.1) is 12.8 Å². The molecular formula is C16H20N2O5. The van der Waals surface area contributed by atoms with Crippen molar-refractivity contribution in [2.75, 3.05) is 25.5 Å². The van der Waals surface area contributed by atoms with Crippen molar-refractivity contribution in [3.8, 4) is 0 Å². The van der Waals surface area contributed by atoms with E-state index in [-0.39, 0.29) is 11.9 Å². The summed E-state index contributed by atoms with van der Waals surface area (Å²) in [6.07, 6.45) is 0.897. The number of hydrogen-bond donors (Lipinski definition) is 2. The number of urea groups is 1. The number of esters is 1. The predicted octanol–water partition coefficient (Wildman–Crippen LogP) is 2.11. The number of carboxylic acid groups (broad SMARTS) is 1. The lowest BCUT2D eigenvalue weighted by atomic mass is 9.97. The first-order chi connectivity index (χ1) is 10.9. The summed E-state index contributed by atoms with van der Waals surface area (Å²) in [6.45, 7) is 2.63. The van der Waals surface area contributed by atoms with Gasteiger partial charge in [0.05, 0.1) is 18.6 Å². The maximum Gasteiger partial charge on any atom is 0.337 e. The van der Waals surface area contributed by atoms with E-state index < -0.39 is 11.9 Å². The van der Waals surface area contributed by atoms with Gasteiger partial charge in [-0.05, 0) is 37.5 Å². The number of rotatable bonds is 3. The minimum atomic E-state index is -0.813. The molecule has 2 amide bonds. The molecule has 1 fully saturated rings. The number of nitrogens with zero attached hydrogens (tertiary/aromatic N) is 1. The van der Waals surface area contributed by atoms with Gasteiger partial charge in [-0.3, -0.25) is 4.79 Å². The molecule has 1 aliphatic heterocycles. The molecule has 23 heavy (non-hydrogen) atoms. The summed E-state index contributed by atoms with van der Waals surface area (Å²) in [7, 11) is 1.30. The first-order valence-corrected chi connectivity index (χ1v) is 7.40. The predicted molar refractivity (Wildman–Crippen MR) is 83.5 cm³/mol. The Hall–Kier alpha value is -2.57. The van der Waals surface area contributed by atoms with E-state index in [1.165, 1.54) is 7.11 Å². The van der Waals surface area contributed by atoms with E-state index in [0.717, 1.165) is 5.56 Å². The van der Waals surface area contributed by atoms with Gasteiger partial charge in [-0.15, -0.1) is 0 Å². The zero-order valence-electron chi connectivity index (χ0n) is 13.2. The highest BCUT2D eigenvalue weighted by Gasteiger charge is 2.27. The van der Waals surface area contributed by atoms with Gasteiger partial charge in [0.25, 0.3) is 0 Å². The molecule has 1 heterocycles. The molecule has 7 heteroatoms. The summed E-state index contributed by atoms with van der Waals surface area (Å²) in [5, 5.41) is 11.8. The Morgan fingerprint density at radius 2 is 1.91 bits per heavy atom. The number of benzene rings is 1. The van der Waals surface area contributed by atoms with Crippen molar-refractivity contribution >= 4 is 23.7 Å². The molecule has 124 valence electrons. The third kappa shape index (κ3) is 4.00. The minimum Gasteiger partial charge on any atom is -0.481 e. The van der Waals surface area contributed by atoms with Crippen molar-refractivity contribution < 1.29 is 24.2 Å². The van der Waals surface area contributed by atoms with E-state index in [2.05, 4.69) is 10.1 Å². The molecule has 1 aliphatic rings. The largest absolute Gasteiger partial charge is 0.481 e. The SMILES string of the molecule is COC(=O)c1ccc(C)c(NC(=O)N2CCC(C(=O)O)CC2)c1. The number of carbonyl (C=O) groups excluding carboxylic acids is 2. The molecule has 0 bridgehead atoms. The number of ether oxygens (including phenoxy) is 1. The summed E-state index contributed by atoms with van der Waals surface area (Å²) in [4.78, 5) is 36.4. The second-order valence-electron chi connectivity index (χ2n) is 5.55. The Bertz CT molecular complexity index is 621. The molecule has 1 saturated heterocycles. The zero-order chi connectivity index (χ0) is 17.0. The van der Waals surface area contributed by atoms with Gasteiger partial charge in [0.1, 0.15) is 0 Å². The molecule has 2 N–H and O–H groups in total. The van der Waals surface area contributed by atoms with Gasteiger partial charge >= 0.3 is 18.0 Å². The summed E-state index contributed by atoms with van der Waals surface area (Å²) < 4.78 is 4.67. The van der Waals surface area contributed by atoms with Crippen LogP contribution < -0.4 is 5.32 Å². The Morgan fingerprint density at radius 3 is 2.48 bits per heavy atom. The lowest BCUT2D eigenvalue weighted by Crippen LogP contribution is -2.42. The normalized spacial score (nSPS) is 15.1. The summed E-state index contributed by atoms with van der Waals surface area (Å²) >= 11 is 0. The highest BCUT2D eigenvalue weighted by atomic mass is 16.5. The van der Waals surface area contributed by atoms with Crippen LogP contribution in [0.2, 0.25) is 0 Å². The lowest BCUT2D eigenvalue weighted by Gasteiger charge is -2.30. The van der Waals surface area contributed by atoms with Crippen LogP contribution in [0.5, 0.6) is 0 Å². The highest BCUT2D eigenvalue weighted by molar-refractivity contribution is 5.94. The molecule has 0 atom stereocenters. The van der Waals surface area contributed by atoms with E-state index >= 15 is 0 Å². The number of piperidine rings is 1. The van der Waals surface area contributed by atoms with Crippen molar-refractivity contribution in [2.45, 2.75) is 19.8 Å². The van der Waals surface area contributed by atoms with E-state index in [0.29, 0.717) is 37.2 Å². The number of carbonyl (C=O) groups is 3. The molecular weight excluding hydrogens is 300 g/mol. The molecule has 0 spiro atoms. The van der Waals surface area contributed by atoms with Gasteiger partial charge in [0, 0.05) is 18.8 Å². The average molecular weight is 320 g/mol. The van der Waals surface area contributed by atoms with Gasteiger partial charge in [0.15, 0.2) is 0 Å². The maximum absolute atomic E-state index is 12.3. The number of methoxy groups -OCH3 is 1. The summed E-state index contributed by atoms with van der Waals surface area (Å²) in [5.74, 6) is -1.67. The second kappa shape index (κ2) is 7.13. The fourth-order valence-electron chi connectivity index (χ4n) is 2.53. The number of hydrogen-bond acceptors (Lipinski definition) is 4. The number of carboxylic acids is 1. The Kier molecular flexibility index (Phi) is 5.20. The number of aliphatic carboxylic acids is 1. The highest BCUT2D eigenvalue weighted by Crippen LogP contribution is 2.21. The number of amides is 2. The maximum atomic E-state index is 12.3. The Morgan fingerprint density at radius 1 is 1.26 bits per heavy atom. The standard InChI is InChI=1S/C16H20N2O5/c1-10-3-4-12(15(21)23-2)9-13(10)17-16(22)18-7-5-11(6-8-18)14(19)20/h3-4,9,11H,5-8H2,1-2H3,(H,17,22)(H,19,20). The topological polar surface area (TPSA) is 95.9 Å². The number of anilines is 1. The van der Waals surface area contributed by atoms with Crippen molar-refractivity contribution in [2.24, 2.45) is 5.92 Å². The van der Waals surface area contributed by atoms with Crippen LogP contribution in [0.1, 0.15) is 28.8 Å². The van der Waals surface area contributed by atoms with E-state index in [1.54, 1.807) is 23.1 Å². The molecule has 0 radical (unpaired) electrons. The smallest absolute Gasteiger partial charge is 0.337 e. The van der Waals surface area contributed by atoms with E-state index in [4.69, 9.17) is 5.11 Å². The van der Waals surface area contributed by atoms with Gasteiger partial charge in [-0.1, -0.05) is 6.07 Å². The van der Waals surface area contributed by atoms with Gasteiger partial charge in [0.2, 0.25) is 0 Å². The van der Waals surface area contributed by atoms with Crippen molar-refractivity contribution in [3.63, 3.8) is 0 Å². The fraction of sp³-hybridized carbons (Fsp3) is 0.438. The Labute approximate surface area is 134 Å². The first kappa shape index (κ1) is 16.8. The molecule has 1 aromatic rings. The molecule has 0 unspecified atom stereocenters. The number of likely N-dealkylation sites (tertiary alicyclic amines) is 1. The van der Waals surface area contributed by atoms with Crippen molar-refractivity contribution in [1.82, 2.24) is 4.90 Å². The monoisotopic (exact) mass is 320 g/mol. The molecule has 0 saturated carbocycles. The van der Waals surface area contributed by atoms with Crippen LogP contribution in [0.25, 0.3) is 0 Å². The third-order valence-corrected chi connectivity index (χ3v) is 4.03. The molecule has 0 aromatic heterocycles. The van der Waals surface area contributed by atoms with Crippen molar-refractivity contribution in [1.29, 1.82) is 0 Å². The summed E-state index contributed by atoms with van der Waals surface area (Å²) in [5.41, 5.74) is 1.72. The van der Waals surface area contributed by atoms with Crippen LogP contribution in [0.4, 0.5) is 10.5 Å². The second-order valence-corrected chi connectivity index (χ2v) is 5.55. The minimum absolute atomic E-state index is 0.293. The van der Waals surface area contributed by atoms with Crippen molar-refractivity contribution in [3.05, 3.63) is 29.3 Å². The number of nitrogens with one attached hydrogen (secondary N) is 1. The van der Waals surface area contributed by atoms with E-state index in [1.807, 2.05) is 6.92 Å². The third-order valence-electron chi connectivity index (χ3n) is 4.03. The van der Waals surface area contributed by atoms with E-state index in [9.17, 15) is 14.4 Å².